The summed E-state index contributed by atoms with van der Waals surface area (Å²) in [7, 11) is 0. The number of nitrogens with zero attached hydrogens (tertiary/aromatic N) is 2. The zero-order valence-electron chi connectivity index (χ0n) is 9.20. The van der Waals surface area contributed by atoms with Gasteiger partial charge in [-0.3, -0.25) is 4.99 Å². The van der Waals surface area contributed by atoms with E-state index in [2.05, 4.69) is 9.89 Å². The van der Waals surface area contributed by atoms with Crippen molar-refractivity contribution in [3.63, 3.8) is 0 Å². The highest BCUT2D eigenvalue weighted by atomic mass is 79.9. The molecule has 1 atom stereocenters. The number of benzene rings is 1. The summed E-state index contributed by atoms with van der Waals surface area (Å²) in [5.41, 5.74) is 0.654. The molecule has 2 aliphatic heterocycles. The van der Waals surface area contributed by atoms with Crippen LogP contribution in [0, 0.1) is 5.82 Å². The van der Waals surface area contributed by atoms with E-state index in [0.717, 1.165) is 31.9 Å². The van der Waals surface area contributed by atoms with E-state index in [-0.39, 0.29) is 28.7 Å². The summed E-state index contributed by atoms with van der Waals surface area (Å²) in [5, 5.41) is 0.534. The lowest BCUT2D eigenvalue weighted by Gasteiger charge is -2.14. The fraction of sp³-hybridized carbons (Fsp3) is 0.417. The van der Waals surface area contributed by atoms with Crippen LogP contribution in [0.4, 0.5) is 4.39 Å². The minimum absolute atomic E-state index is 0. The van der Waals surface area contributed by atoms with Crippen LogP contribution in [0.15, 0.2) is 23.2 Å². The summed E-state index contributed by atoms with van der Waals surface area (Å²) in [4.78, 5) is 6.64. The smallest absolute Gasteiger partial charge is 0.128 e. The predicted octanol–water partition coefficient (Wildman–Crippen LogP) is 3.26. The summed E-state index contributed by atoms with van der Waals surface area (Å²) in [6.45, 7) is 2.70. The van der Waals surface area contributed by atoms with Crippen LogP contribution in [0.1, 0.15) is 17.9 Å². The summed E-state index contributed by atoms with van der Waals surface area (Å²) < 4.78 is 13.7. The van der Waals surface area contributed by atoms with Gasteiger partial charge >= 0.3 is 0 Å². The van der Waals surface area contributed by atoms with Gasteiger partial charge in [-0.2, -0.15) is 0 Å². The van der Waals surface area contributed by atoms with Crippen molar-refractivity contribution >= 4 is 34.4 Å². The highest BCUT2D eigenvalue weighted by molar-refractivity contribution is 8.93. The minimum Gasteiger partial charge on any atom is -0.358 e. The van der Waals surface area contributed by atoms with E-state index in [4.69, 9.17) is 11.6 Å². The molecule has 17 heavy (non-hydrogen) atoms. The first-order valence-electron chi connectivity index (χ1n) is 5.48. The molecule has 0 spiro atoms. The molecule has 0 saturated carbocycles. The van der Waals surface area contributed by atoms with Crippen molar-refractivity contribution in [1.29, 1.82) is 0 Å². The average molecular weight is 320 g/mol. The Balaban J connectivity index is 0.00000108. The van der Waals surface area contributed by atoms with Crippen molar-refractivity contribution < 1.29 is 4.39 Å². The fourth-order valence-corrected chi connectivity index (χ4v) is 2.88. The predicted molar refractivity (Wildman–Crippen MR) is 73.0 cm³/mol. The Bertz CT molecular complexity index is 444. The SMILES string of the molecule is Br.Fc1cccc(Cl)c1C1CC2=NCCN2C1. The maximum Gasteiger partial charge on any atom is 0.128 e. The molecule has 92 valence electrons. The molecule has 0 N–H and O–H groups in total. The molecular formula is C12H13BrClFN2. The molecule has 0 amide bonds. The molecular weight excluding hydrogens is 307 g/mol. The third-order valence-electron chi connectivity index (χ3n) is 3.31. The molecule has 0 radical (unpaired) electrons. The molecule has 2 nitrogen and oxygen atoms in total. The van der Waals surface area contributed by atoms with Crippen molar-refractivity contribution in [2.75, 3.05) is 19.6 Å². The third kappa shape index (κ3) is 2.20. The molecule has 0 aliphatic carbocycles. The Morgan fingerprint density at radius 1 is 1.41 bits per heavy atom. The Morgan fingerprint density at radius 2 is 2.24 bits per heavy atom. The average Bonchev–Trinajstić information content (AvgIpc) is 2.77. The van der Waals surface area contributed by atoms with E-state index < -0.39 is 0 Å². The zero-order valence-corrected chi connectivity index (χ0v) is 11.7. The summed E-state index contributed by atoms with van der Waals surface area (Å²) >= 11 is 6.07. The monoisotopic (exact) mass is 318 g/mol. The molecule has 5 heteroatoms. The Morgan fingerprint density at radius 3 is 2.94 bits per heavy atom. The van der Waals surface area contributed by atoms with Gasteiger partial charge in [0.05, 0.1) is 12.4 Å². The molecule has 3 rings (SSSR count). The van der Waals surface area contributed by atoms with E-state index in [1.54, 1.807) is 12.1 Å². The number of hydrogen-bond donors (Lipinski definition) is 0. The van der Waals surface area contributed by atoms with Crippen LogP contribution >= 0.6 is 28.6 Å². The standard InChI is InChI=1S/C12H12ClFN2.BrH/c13-9-2-1-3-10(14)12(9)8-6-11-15-4-5-16(11)7-8;/h1-3,8H,4-7H2;1H. The summed E-state index contributed by atoms with van der Waals surface area (Å²) in [6.07, 6.45) is 0.820. The molecule has 2 heterocycles. The lowest BCUT2D eigenvalue weighted by atomic mass is 9.97. The van der Waals surface area contributed by atoms with E-state index in [1.165, 1.54) is 6.07 Å². The number of hydrogen-bond acceptors (Lipinski definition) is 2. The summed E-state index contributed by atoms with van der Waals surface area (Å²) in [5.74, 6) is 1.08. The maximum atomic E-state index is 13.7. The second-order valence-corrected chi connectivity index (χ2v) is 4.69. The third-order valence-corrected chi connectivity index (χ3v) is 3.64. The number of rotatable bonds is 1. The Hall–Kier alpha value is -0.610. The fourth-order valence-electron chi connectivity index (χ4n) is 2.56. The lowest BCUT2D eigenvalue weighted by Crippen LogP contribution is -2.21. The molecule has 1 aromatic rings. The highest BCUT2D eigenvalue weighted by Crippen LogP contribution is 2.35. The largest absolute Gasteiger partial charge is 0.358 e. The molecule has 1 unspecified atom stereocenters. The van der Waals surface area contributed by atoms with Crippen molar-refractivity contribution in [3.8, 4) is 0 Å². The van der Waals surface area contributed by atoms with E-state index in [1.807, 2.05) is 0 Å². The van der Waals surface area contributed by atoms with Crippen LogP contribution < -0.4 is 0 Å². The van der Waals surface area contributed by atoms with Gasteiger partial charge in [0.15, 0.2) is 0 Å². The van der Waals surface area contributed by atoms with Crippen LogP contribution in [0.25, 0.3) is 0 Å². The van der Waals surface area contributed by atoms with Gasteiger partial charge in [-0.1, -0.05) is 17.7 Å². The number of amidine groups is 1. The van der Waals surface area contributed by atoms with Crippen molar-refractivity contribution in [2.45, 2.75) is 12.3 Å². The van der Waals surface area contributed by atoms with Crippen LogP contribution in [0.3, 0.4) is 0 Å². The van der Waals surface area contributed by atoms with Crippen molar-refractivity contribution in [1.82, 2.24) is 4.90 Å². The first-order chi connectivity index (χ1) is 7.75. The quantitative estimate of drug-likeness (QED) is 0.776. The van der Waals surface area contributed by atoms with Gasteiger partial charge in [-0.05, 0) is 12.1 Å². The van der Waals surface area contributed by atoms with Gasteiger partial charge in [-0.15, -0.1) is 17.0 Å². The van der Waals surface area contributed by atoms with E-state index in [0.29, 0.717) is 10.6 Å². The second kappa shape index (κ2) is 4.94. The van der Waals surface area contributed by atoms with Gasteiger partial charge in [-0.25, -0.2) is 4.39 Å². The first kappa shape index (κ1) is 12.8. The number of fused-ring (bicyclic) bond motifs is 1. The second-order valence-electron chi connectivity index (χ2n) is 4.28. The van der Waals surface area contributed by atoms with Gasteiger partial charge in [0.2, 0.25) is 0 Å². The summed E-state index contributed by atoms with van der Waals surface area (Å²) in [6, 6.07) is 4.88. The molecule has 0 bridgehead atoms. The normalized spacial score (nSPS) is 22.1. The molecule has 1 aromatic carbocycles. The van der Waals surface area contributed by atoms with E-state index in [9.17, 15) is 4.39 Å². The number of aliphatic imine (C=N–C) groups is 1. The Labute approximate surface area is 115 Å². The molecule has 1 saturated heterocycles. The Kier molecular flexibility index (Phi) is 3.73. The topological polar surface area (TPSA) is 15.6 Å². The number of halogens is 3. The zero-order chi connectivity index (χ0) is 11.1. The van der Waals surface area contributed by atoms with Crippen molar-refractivity contribution in [2.24, 2.45) is 4.99 Å². The van der Waals surface area contributed by atoms with Gasteiger partial charge in [0, 0.05) is 36.0 Å². The van der Waals surface area contributed by atoms with Gasteiger partial charge in [0.1, 0.15) is 5.82 Å². The molecule has 2 aliphatic rings. The van der Waals surface area contributed by atoms with Crippen LogP contribution in [0.2, 0.25) is 5.02 Å². The van der Waals surface area contributed by atoms with Gasteiger partial charge in [0.25, 0.3) is 0 Å². The lowest BCUT2D eigenvalue weighted by molar-refractivity contribution is 0.461. The van der Waals surface area contributed by atoms with Crippen molar-refractivity contribution in [3.05, 3.63) is 34.6 Å². The van der Waals surface area contributed by atoms with Crippen LogP contribution in [-0.4, -0.2) is 30.4 Å². The minimum atomic E-state index is -0.195. The highest BCUT2D eigenvalue weighted by Gasteiger charge is 2.33. The van der Waals surface area contributed by atoms with Crippen LogP contribution in [-0.2, 0) is 0 Å². The first-order valence-corrected chi connectivity index (χ1v) is 5.85. The molecule has 0 aromatic heterocycles. The van der Waals surface area contributed by atoms with Gasteiger partial charge < -0.3 is 4.90 Å². The maximum absolute atomic E-state index is 13.7. The van der Waals surface area contributed by atoms with E-state index >= 15 is 0 Å². The molecule has 1 fully saturated rings. The van der Waals surface area contributed by atoms with Crippen LogP contribution in [0.5, 0.6) is 0 Å².